The number of carbonyl (C=O) groups excluding carboxylic acids is 1. The SMILES string of the molecule is Cc1ccccc1OCCN(C)C(=O)[C@@H]1CCCO[C@H]1c1ncc[nH]1. The van der Waals surface area contributed by atoms with E-state index in [4.69, 9.17) is 9.47 Å². The van der Waals surface area contributed by atoms with Crippen molar-refractivity contribution in [1.29, 1.82) is 0 Å². The smallest absolute Gasteiger partial charge is 0.228 e. The average Bonchev–Trinajstić information content (AvgIpc) is 3.17. The molecule has 2 heterocycles. The molecule has 1 fully saturated rings. The number of aryl methyl sites for hydroxylation is 1. The number of nitrogens with zero attached hydrogens (tertiary/aromatic N) is 2. The van der Waals surface area contributed by atoms with Crippen molar-refractivity contribution in [3.05, 3.63) is 48.0 Å². The van der Waals surface area contributed by atoms with Gasteiger partial charge in [-0.15, -0.1) is 0 Å². The van der Waals surface area contributed by atoms with Gasteiger partial charge >= 0.3 is 0 Å². The molecular weight excluding hydrogens is 318 g/mol. The van der Waals surface area contributed by atoms with Gasteiger partial charge in [0.15, 0.2) is 0 Å². The number of hydrogen-bond acceptors (Lipinski definition) is 4. The number of ether oxygens (including phenoxy) is 2. The molecule has 6 heteroatoms. The Morgan fingerprint density at radius 1 is 1.44 bits per heavy atom. The van der Waals surface area contributed by atoms with Crippen LogP contribution in [0, 0.1) is 12.8 Å². The highest BCUT2D eigenvalue weighted by atomic mass is 16.5. The van der Waals surface area contributed by atoms with E-state index in [1.807, 2.05) is 38.2 Å². The first-order valence-electron chi connectivity index (χ1n) is 8.71. The van der Waals surface area contributed by atoms with E-state index in [0.717, 1.165) is 30.0 Å². The van der Waals surface area contributed by atoms with Crippen molar-refractivity contribution < 1.29 is 14.3 Å². The molecule has 0 radical (unpaired) electrons. The number of carbonyl (C=O) groups is 1. The van der Waals surface area contributed by atoms with Crippen LogP contribution in [0.2, 0.25) is 0 Å². The molecular formula is C19H25N3O3. The maximum Gasteiger partial charge on any atom is 0.228 e. The molecule has 0 unspecified atom stereocenters. The van der Waals surface area contributed by atoms with Gasteiger partial charge in [0.1, 0.15) is 24.3 Å². The van der Waals surface area contributed by atoms with E-state index in [-0.39, 0.29) is 17.9 Å². The van der Waals surface area contributed by atoms with E-state index in [1.54, 1.807) is 17.3 Å². The molecule has 0 bridgehead atoms. The standard InChI is InChI=1S/C19H25N3O3/c1-14-6-3-4-8-16(14)24-13-11-22(2)19(23)15-7-5-12-25-17(15)18-20-9-10-21-18/h3-4,6,8-10,15,17H,5,7,11-13H2,1-2H3,(H,20,21)/t15-,17-/m1/s1. The van der Waals surface area contributed by atoms with E-state index >= 15 is 0 Å². The van der Waals surface area contributed by atoms with Crippen LogP contribution < -0.4 is 4.74 Å². The first kappa shape index (κ1) is 17.5. The second kappa shape index (κ2) is 8.16. The van der Waals surface area contributed by atoms with Crippen molar-refractivity contribution in [3.8, 4) is 5.75 Å². The Hall–Kier alpha value is -2.34. The van der Waals surface area contributed by atoms with Crippen molar-refractivity contribution in [2.75, 3.05) is 26.8 Å². The average molecular weight is 343 g/mol. The van der Waals surface area contributed by atoms with Gasteiger partial charge in [-0.2, -0.15) is 0 Å². The third kappa shape index (κ3) is 4.20. The number of likely N-dealkylation sites (N-methyl/N-ethyl adjacent to an activating group) is 1. The molecule has 1 N–H and O–H groups in total. The lowest BCUT2D eigenvalue weighted by Gasteiger charge is -2.32. The van der Waals surface area contributed by atoms with Crippen molar-refractivity contribution in [1.82, 2.24) is 14.9 Å². The quantitative estimate of drug-likeness (QED) is 0.876. The number of H-pyrrole nitrogens is 1. The van der Waals surface area contributed by atoms with Crippen LogP contribution >= 0.6 is 0 Å². The van der Waals surface area contributed by atoms with Gasteiger partial charge in [-0.05, 0) is 31.4 Å². The number of benzene rings is 1. The lowest BCUT2D eigenvalue weighted by Crippen LogP contribution is -2.40. The van der Waals surface area contributed by atoms with Crippen LogP contribution in [0.3, 0.4) is 0 Å². The molecule has 1 aromatic carbocycles. The van der Waals surface area contributed by atoms with Gasteiger partial charge in [0.05, 0.1) is 12.5 Å². The summed E-state index contributed by atoms with van der Waals surface area (Å²) in [7, 11) is 1.82. The fraction of sp³-hybridized carbons (Fsp3) is 0.474. The molecule has 1 aromatic heterocycles. The zero-order valence-electron chi connectivity index (χ0n) is 14.8. The molecule has 0 spiro atoms. The third-order valence-electron chi connectivity index (χ3n) is 4.58. The second-order valence-electron chi connectivity index (χ2n) is 6.39. The minimum Gasteiger partial charge on any atom is -0.491 e. The van der Waals surface area contributed by atoms with Gasteiger partial charge in [0, 0.05) is 26.0 Å². The van der Waals surface area contributed by atoms with Crippen molar-refractivity contribution in [2.24, 2.45) is 5.92 Å². The van der Waals surface area contributed by atoms with Gasteiger partial charge in [0.2, 0.25) is 5.91 Å². The minimum absolute atomic E-state index is 0.0782. The molecule has 0 aliphatic carbocycles. The van der Waals surface area contributed by atoms with E-state index in [2.05, 4.69) is 9.97 Å². The predicted octanol–water partition coefficient (Wildman–Crippen LogP) is 2.72. The zero-order chi connectivity index (χ0) is 17.6. The Balaban J connectivity index is 1.56. The van der Waals surface area contributed by atoms with Gasteiger partial charge < -0.3 is 19.4 Å². The normalized spacial score (nSPS) is 20.2. The van der Waals surface area contributed by atoms with Crippen LogP contribution in [0.15, 0.2) is 36.7 Å². The number of imidazole rings is 1. The van der Waals surface area contributed by atoms with E-state index < -0.39 is 0 Å². The summed E-state index contributed by atoms with van der Waals surface area (Å²) in [4.78, 5) is 21.9. The molecule has 2 aromatic rings. The summed E-state index contributed by atoms with van der Waals surface area (Å²) in [6.07, 6.45) is 4.85. The molecule has 3 rings (SSSR count). The van der Waals surface area contributed by atoms with E-state index in [0.29, 0.717) is 19.8 Å². The summed E-state index contributed by atoms with van der Waals surface area (Å²) in [5.74, 6) is 1.46. The molecule has 25 heavy (non-hydrogen) atoms. The summed E-state index contributed by atoms with van der Waals surface area (Å²) in [5.41, 5.74) is 1.09. The molecule has 134 valence electrons. The van der Waals surface area contributed by atoms with Crippen LogP contribution in [0.5, 0.6) is 5.75 Å². The Kier molecular flexibility index (Phi) is 5.71. The molecule has 1 aliphatic heterocycles. The Labute approximate surface area is 148 Å². The number of rotatable bonds is 6. The Morgan fingerprint density at radius 2 is 2.28 bits per heavy atom. The topological polar surface area (TPSA) is 67.4 Å². The maximum atomic E-state index is 12.9. The number of nitrogens with one attached hydrogen (secondary N) is 1. The van der Waals surface area contributed by atoms with Crippen molar-refractivity contribution >= 4 is 5.91 Å². The van der Waals surface area contributed by atoms with Crippen LogP contribution in [0.1, 0.15) is 30.3 Å². The summed E-state index contributed by atoms with van der Waals surface area (Å²) in [5, 5.41) is 0. The van der Waals surface area contributed by atoms with Gasteiger partial charge in [-0.25, -0.2) is 4.98 Å². The monoisotopic (exact) mass is 343 g/mol. The van der Waals surface area contributed by atoms with Gasteiger partial charge in [0.25, 0.3) is 0 Å². The summed E-state index contributed by atoms with van der Waals surface area (Å²) in [6, 6.07) is 7.89. The number of aromatic amines is 1. The van der Waals surface area contributed by atoms with Crippen molar-refractivity contribution in [2.45, 2.75) is 25.9 Å². The maximum absolute atomic E-state index is 12.9. The number of para-hydroxylation sites is 1. The largest absolute Gasteiger partial charge is 0.491 e. The summed E-state index contributed by atoms with van der Waals surface area (Å²) < 4.78 is 11.6. The number of amides is 1. The van der Waals surface area contributed by atoms with Gasteiger partial charge in [-0.1, -0.05) is 18.2 Å². The highest BCUT2D eigenvalue weighted by molar-refractivity contribution is 5.79. The summed E-state index contributed by atoms with van der Waals surface area (Å²) >= 11 is 0. The predicted molar refractivity (Wildman–Crippen MR) is 94.3 cm³/mol. The molecule has 1 amide bonds. The first-order valence-corrected chi connectivity index (χ1v) is 8.71. The van der Waals surface area contributed by atoms with Crippen LogP contribution in [-0.4, -0.2) is 47.6 Å². The molecule has 1 aliphatic rings. The van der Waals surface area contributed by atoms with Crippen LogP contribution in [0.4, 0.5) is 0 Å². The lowest BCUT2D eigenvalue weighted by molar-refractivity contribution is -0.145. The van der Waals surface area contributed by atoms with Crippen LogP contribution in [-0.2, 0) is 9.53 Å². The fourth-order valence-corrected chi connectivity index (χ4v) is 3.14. The molecule has 0 saturated carbocycles. The van der Waals surface area contributed by atoms with Gasteiger partial charge in [-0.3, -0.25) is 4.79 Å². The van der Waals surface area contributed by atoms with Crippen molar-refractivity contribution in [3.63, 3.8) is 0 Å². The number of hydrogen-bond donors (Lipinski definition) is 1. The van der Waals surface area contributed by atoms with E-state index in [1.165, 1.54) is 0 Å². The third-order valence-corrected chi connectivity index (χ3v) is 4.58. The Bertz CT molecular complexity index is 687. The highest BCUT2D eigenvalue weighted by Gasteiger charge is 2.36. The highest BCUT2D eigenvalue weighted by Crippen LogP contribution is 2.33. The Morgan fingerprint density at radius 3 is 3.04 bits per heavy atom. The fourth-order valence-electron chi connectivity index (χ4n) is 3.14. The minimum atomic E-state index is -0.295. The van der Waals surface area contributed by atoms with E-state index in [9.17, 15) is 4.79 Å². The molecule has 2 atom stereocenters. The molecule has 6 nitrogen and oxygen atoms in total. The second-order valence-corrected chi connectivity index (χ2v) is 6.39. The zero-order valence-corrected chi connectivity index (χ0v) is 14.8. The summed E-state index contributed by atoms with van der Waals surface area (Å²) in [6.45, 7) is 3.67. The first-order chi connectivity index (χ1) is 12.2. The molecule has 1 saturated heterocycles. The van der Waals surface area contributed by atoms with Crippen LogP contribution in [0.25, 0.3) is 0 Å². The lowest BCUT2D eigenvalue weighted by atomic mass is 9.92. The number of aromatic nitrogens is 2.